The summed E-state index contributed by atoms with van der Waals surface area (Å²) in [6.45, 7) is 0. The SMILES string of the molecule is Clc1ncc(C2C=CCCC2)nc1Cl. The minimum absolute atomic E-state index is 0.273. The highest BCUT2D eigenvalue weighted by Gasteiger charge is 2.14. The Balaban J connectivity index is 2.27. The van der Waals surface area contributed by atoms with Crippen LogP contribution in [0.5, 0.6) is 0 Å². The molecule has 0 radical (unpaired) electrons. The first-order valence-electron chi connectivity index (χ1n) is 4.62. The molecule has 0 N–H and O–H groups in total. The van der Waals surface area contributed by atoms with Gasteiger partial charge >= 0.3 is 0 Å². The molecule has 1 aliphatic rings. The molecule has 0 fully saturated rings. The molecule has 2 nitrogen and oxygen atoms in total. The minimum atomic E-state index is 0.273. The van der Waals surface area contributed by atoms with Crippen molar-refractivity contribution in [3.63, 3.8) is 0 Å². The van der Waals surface area contributed by atoms with Gasteiger partial charge in [0.25, 0.3) is 0 Å². The maximum absolute atomic E-state index is 5.80. The molecule has 0 spiro atoms. The summed E-state index contributed by atoms with van der Waals surface area (Å²) in [6, 6.07) is 0. The molecule has 0 bridgehead atoms. The molecule has 1 aromatic rings. The molecule has 1 aliphatic carbocycles. The molecular formula is C10H10Cl2N2. The average Bonchev–Trinajstić information content (AvgIpc) is 2.23. The van der Waals surface area contributed by atoms with Crippen LogP contribution < -0.4 is 0 Å². The fraction of sp³-hybridized carbons (Fsp3) is 0.400. The van der Waals surface area contributed by atoms with Gasteiger partial charge in [0.15, 0.2) is 10.3 Å². The first-order chi connectivity index (χ1) is 6.77. The number of rotatable bonds is 1. The van der Waals surface area contributed by atoms with Crippen LogP contribution in [0.25, 0.3) is 0 Å². The van der Waals surface area contributed by atoms with E-state index in [0.717, 1.165) is 18.5 Å². The van der Waals surface area contributed by atoms with Gasteiger partial charge in [0.2, 0.25) is 0 Å². The third kappa shape index (κ3) is 2.07. The second-order valence-electron chi connectivity index (χ2n) is 3.34. The van der Waals surface area contributed by atoms with Crippen LogP contribution in [0, 0.1) is 0 Å². The zero-order chi connectivity index (χ0) is 9.97. The van der Waals surface area contributed by atoms with Crippen LogP contribution in [0.4, 0.5) is 0 Å². The lowest BCUT2D eigenvalue weighted by Crippen LogP contribution is -2.03. The number of hydrogen-bond acceptors (Lipinski definition) is 2. The molecule has 14 heavy (non-hydrogen) atoms. The van der Waals surface area contributed by atoms with E-state index in [1.807, 2.05) is 0 Å². The maximum atomic E-state index is 5.80. The van der Waals surface area contributed by atoms with Crippen molar-refractivity contribution in [3.8, 4) is 0 Å². The van der Waals surface area contributed by atoms with Gasteiger partial charge in [-0.15, -0.1) is 0 Å². The Morgan fingerprint density at radius 3 is 2.79 bits per heavy atom. The van der Waals surface area contributed by atoms with E-state index in [1.54, 1.807) is 6.20 Å². The van der Waals surface area contributed by atoms with Crippen LogP contribution in [0.15, 0.2) is 18.3 Å². The van der Waals surface area contributed by atoms with Gasteiger partial charge in [0, 0.05) is 5.92 Å². The van der Waals surface area contributed by atoms with E-state index in [4.69, 9.17) is 23.2 Å². The summed E-state index contributed by atoms with van der Waals surface area (Å²) in [4.78, 5) is 8.21. The fourth-order valence-corrected chi connectivity index (χ4v) is 1.84. The largest absolute Gasteiger partial charge is 0.239 e. The van der Waals surface area contributed by atoms with Gasteiger partial charge in [-0.2, -0.15) is 0 Å². The molecule has 74 valence electrons. The second kappa shape index (κ2) is 4.28. The van der Waals surface area contributed by atoms with Crippen LogP contribution in [0.1, 0.15) is 30.9 Å². The highest BCUT2D eigenvalue weighted by atomic mass is 35.5. The summed E-state index contributed by atoms with van der Waals surface area (Å²) in [5, 5.41) is 0.568. The molecule has 1 atom stereocenters. The van der Waals surface area contributed by atoms with Gasteiger partial charge in [-0.05, 0) is 19.3 Å². The zero-order valence-corrected chi connectivity index (χ0v) is 9.09. The topological polar surface area (TPSA) is 25.8 Å². The monoisotopic (exact) mass is 228 g/mol. The summed E-state index contributed by atoms with van der Waals surface area (Å²) < 4.78 is 0. The van der Waals surface area contributed by atoms with Crippen molar-refractivity contribution in [1.82, 2.24) is 9.97 Å². The Morgan fingerprint density at radius 1 is 1.29 bits per heavy atom. The lowest BCUT2D eigenvalue weighted by atomic mass is 9.93. The highest BCUT2D eigenvalue weighted by molar-refractivity contribution is 6.40. The molecule has 0 amide bonds. The van der Waals surface area contributed by atoms with Gasteiger partial charge in [-0.3, -0.25) is 0 Å². The molecular weight excluding hydrogens is 219 g/mol. The summed E-state index contributed by atoms with van der Waals surface area (Å²) >= 11 is 11.5. The smallest absolute Gasteiger partial charge is 0.166 e. The predicted octanol–water partition coefficient (Wildman–Crippen LogP) is 3.61. The second-order valence-corrected chi connectivity index (χ2v) is 4.06. The number of allylic oxidation sites excluding steroid dienone is 2. The predicted molar refractivity (Wildman–Crippen MR) is 57.8 cm³/mol. The van der Waals surface area contributed by atoms with Crippen molar-refractivity contribution in [2.24, 2.45) is 0 Å². The van der Waals surface area contributed by atoms with Crippen LogP contribution in [-0.2, 0) is 0 Å². The lowest BCUT2D eigenvalue weighted by Gasteiger charge is -2.15. The number of halogens is 2. The Labute approximate surface area is 93.0 Å². The molecule has 1 heterocycles. The van der Waals surface area contributed by atoms with Crippen molar-refractivity contribution >= 4 is 23.2 Å². The Bertz CT molecular complexity index is 363. The highest BCUT2D eigenvalue weighted by Crippen LogP contribution is 2.27. The fourth-order valence-electron chi connectivity index (χ4n) is 1.60. The Hall–Kier alpha value is -0.600. The summed E-state index contributed by atoms with van der Waals surface area (Å²) in [5.41, 5.74) is 0.912. The molecule has 0 aliphatic heterocycles. The van der Waals surface area contributed by atoms with E-state index in [1.165, 1.54) is 6.42 Å². The number of aromatic nitrogens is 2. The van der Waals surface area contributed by atoms with E-state index >= 15 is 0 Å². The van der Waals surface area contributed by atoms with Crippen LogP contribution in [-0.4, -0.2) is 9.97 Å². The number of nitrogens with zero attached hydrogens (tertiary/aromatic N) is 2. The normalized spacial score (nSPS) is 21.1. The molecule has 4 heteroatoms. The molecule has 1 unspecified atom stereocenters. The lowest BCUT2D eigenvalue weighted by molar-refractivity contribution is 0.639. The number of hydrogen-bond donors (Lipinski definition) is 0. The summed E-state index contributed by atoms with van der Waals surface area (Å²) in [5.74, 6) is 0.353. The Morgan fingerprint density at radius 2 is 2.14 bits per heavy atom. The average molecular weight is 229 g/mol. The minimum Gasteiger partial charge on any atom is -0.239 e. The molecule has 0 aromatic carbocycles. The van der Waals surface area contributed by atoms with Gasteiger partial charge in [0.05, 0.1) is 11.9 Å². The molecule has 2 rings (SSSR count). The van der Waals surface area contributed by atoms with E-state index in [0.29, 0.717) is 11.1 Å². The maximum Gasteiger partial charge on any atom is 0.166 e. The van der Waals surface area contributed by atoms with Gasteiger partial charge < -0.3 is 0 Å². The van der Waals surface area contributed by atoms with E-state index in [2.05, 4.69) is 22.1 Å². The van der Waals surface area contributed by atoms with Crippen LogP contribution in [0.2, 0.25) is 10.3 Å². The van der Waals surface area contributed by atoms with Gasteiger partial charge in [0.1, 0.15) is 0 Å². The quantitative estimate of drug-likeness (QED) is 0.687. The standard InChI is InChI=1S/C10H10Cl2N2/c11-9-10(12)14-8(6-13-9)7-4-2-1-3-5-7/h2,4,6-7H,1,3,5H2. The van der Waals surface area contributed by atoms with Gasteiger partial charge in [-0.25, -0.2) is 9.97 Å². The van der Waals surface area contributed by atoms with Crippen molar-refractivity contribution in [1.29, 1.82) is 0 Å². The molecule has 0 saturated carbocycles. The van der Waals surface area contributed by atoms with Crippen molar-refractivity contribution < 1.29 is 0 Å². The van der Waals surface area contributed by atoms with Gasteiger partial charge in [-0.1, -0.05) is 35.4 Å². The summed E-state index contributed by atoms with van der Waals surface area (Å²) in [7, 11) is 0. The van der Waals surface area contributed by atoms with Crippen molar-refractivity contribution in [2.75, 3.05) is 0 Å². The summed E-state index contributed by atoms with van der Waals surface area (Å²) in [6.07, 6.45) is 9.52. The Kier molecular flexibility index (Phi) is 3.04. The van der Waals surface area contributed by atoms with Crippen molar-refractivity contribution in [2.45, 2.75) is 25.2 Å². The first-order valence-corrected chi connectivity index (χ1v) is 5.37. The third-order valence-electron chi connectivity index (χ3n) is 2.34. The molecule has 1 aromatic heterocycles. The first kappa shape index (κ1) is 9.94. The molecule has 0 saturated heterocycles. The third-order valence-corrected chi connectivity index (χ3v) is 2.98. The van der Waals surface area contributed by atoms with E-state index < -0.39 is 0 Å². The van der Waals surface area contributed by atoms with Crippen molar-refractivity contribution in [3.05, 3.63) is 34.3 Å². The van der Waals surface area contributed by atoms with E-state index in [-0.39, 0.29) is 5.15 Å². The van der Waals surface area contributed by atoms with E-state index in [9.17, 15) is 0 Å². The van der Waals surface area contributed by atoms with Crippen LogP contribution >= 0.6 is 23.2 Å². The van der Waals surface area contributed by atoms with Crippen LogP contribution in [0.3, 0.4) is 0 Å². The zero-order valence-electron chi connectivity index (χ0n) is 7.58.